The Morgan fingerprint density at radius 3 is 2.53 bits per heavy atom. The summed E-state index contributed by atoms with van der Waals surface area (Å²) in [5, 5.41) is 3.79. The van der Waals surface area contributed by atoms with Crippen molar-refractivity contribution in [2.45, 2.75) is 46.1 Å². The number of methoxy groups -OCH3 is 1. The number of fused-ring (bicyclic) bond motifs is 1. The van der Waals surface area contributed by atoms with Crippen LogP contribution < -0.4 is 10.1 Å². The van der Waals surface area contributed by atoms with Crippen molar-refractivity contribution in [3.8, 4) is 28.1 Å². The van der Waals surface area contributed by atoms with Crippen molar-refractivity contribution in [2.75, 3.05) is 7.11 Å². The normalized spacial score (nSPS) is 12.0. The van der Waals surface area contributed by atoms with Crippen LogP contribution in [0.5, 0.6) is 5.75 Å². The van der Waals surface area contributed by atoms with E-state index in [1.54, 1.807) is 7.11 Å². The highest BCUT2D eigenvalue weighted by Gasteiger charge is 2.17. The molecular formula is C28H30ClN3O2. The molecule has 2 heterocycles. The summed E-state index contributed by atoms with van der Waals surface area (Å²) < 4.78 is 7.43. The van der Waals surface area contributed by atoms with Gasteiger partial charge in [0.25, 0.3) is 0 Å². The third kappa shape index (κ3) is 5.10. The van der Waals surface area contributed by atoms with E-state index in [-0.39, 0.29) is 11.9 Å². The van der Waals surface area contributed by atoms with E-state index in [2.05, 4.69) is 35.8 Å². The standard InChI is InChI=1S/C28H30ClN3O2/c1-5-19(3)30-27(33)15-13-25-28(20-6-10-23(34-4)11-7-20)31-26-14-8-21(17-32(25)26)24-12-9-22(29)16-18(24)2/h6-12,14,16-17,19H,5,13,15H2,1-4H3,(H,30,33)/t19-/m0/s1. The molecule has 4 rings (SSSR count). The number of nitrogens with zero attached hydrogens (tertiary/aromatic N) is 2. The Labute approximate surface area is 205 Å². The van der Waals surface area contributed by atoms with E-state index in [1.165, 1.54) is 0 Å². The molecule has 176 valence electrons. The molecule has 0 aliphatic rings. The van der Waals surface area contributed by atoms with Gasteiger partial charge in [-0.25, -0.2) is 4.98 Å². The fourth-order valence-corrected chi connectivity index (χ4v) is 4.33. The second-order valence-corrected chi connectivity index (χ2v) is 9.05. The molecule has 0 saturated heterocycles. The minimum absolute atomic E-state index is 0.0506. The second-order valence-electron chi connectivity index (χ2n) is 8.62. The summed E-state index contributed by atoms with van der Waals surface area (Å²) in [6.07, 6.45) is 3.98. The maximum absolute atomic E-state index is 12.6. The van der Waals surface area contributed by atoms with Crippen LogP contribution in [0, 0.1) is 6.92 Å². The zero-order valence-electron chi connectivity index (χ0n) is 20.1. The molecular weight excluding hydrogens is 446 g/mol. The highest BCUT2D eigenvalue weighted by Crippen LogP contribution is 2.31. The number of ether oxygens (including phenoxy) is 1. The molecule has 0 saturated carbocycles. The summed E-state index contributed by atoms with van der Waals surface area (Å²) >= 11 is 6.17. The van der Waals surface area contributed by atoms with Crippen LogP contribution in [0.4, 0.5) is 0 Å². The lowest BCUT2D eigenvalue weighted by Crippen LogP contribution is -2.32. The van der Waals surface area contributed by atoms with Crippen LogP contribution in [0.25, 0.3) is 28.0 Å². The van der Waals surface area contributed by atoms with E-state index < -0.39 is 0 Å². The molecule has 1 atom stereocenters. The van der Waals surface area contributed by atoms with Crippen LogP contribution in [0.15, 0.2) is 60.8 Å². The van der Waals surface area contributed by atoms with Gasteiger partial charge in [0.15, 0.2) is 0 Å². The number of carbonyl (C=O) groups excluding carboxylic acids is 1. The number of carbonyl (C=O) groups is 1. The smallest absolute Gasteiger partial charge is 0.220 e. The molecule has 34 heavy (non-hydrogen) atoms. The third-order valence-electron chi connectivity index (χ3n) is 6.19. The summed E-state index contributed by atoms with van der Waals surface area (Å²) in [6, 6.07) is 18.1. The Morgan fingerprint density at radius 1 is 1.12 bits per heavy atom. The number of hydrogen-bond acceptors (Lipinski definition) is 3. The molecule has 0 aliphatic heterocycles. The molecule has 0 unspecified atom stereocenters. The monoisotopic (exact) mass is 475 g/mol. The van der Waals surface area contributed by atoms with E-state index in [1.807, 2.05) is 55.5 Å². The highest BCUT2D eigenvalue weighted by molar-refractivity contribution is 6.30. The Bertz CT molecular complexity index is 1310. The molecule has 0 spiro atoms. The summed E-state index contributed by atoms with van der Waals surface area (Å²) in [6.45, 7) is 6.15. The summed E-state index contributed by atoms with van der Waals surface area (Å²) in [4.78, 5) is 17.5. The predicted molar refractivity (Wildman–Crippen MR) is 139 cm³/mol. The lowest BCUT2D eigenvalue weighted by atomic mass is 10.0. The Kier molecular flexibility index (Phi) is 7.23. The SMILES string of the molecule is CC[C@H](C)NC(=O)CCc1c(-c2ccc(OC)cc2)nc2ccc(-c3ccc(Cl)cc3C)cn12. The maximum atomic E-state index is 12.6. The lowest BCUT2D eigenvalue weighted by molar-refractivity contribution is -0.121. The minimum Gasteiger partial charge on any atom is -0.497 e. The first kappa shape index (κ1) is 23.8. The van der Waals surface area contributed by atoms with Gasteiger partial charge in [-0.1, -0.05) is 24.6 Å². The molecule has 0 aliphatic carbocycles. The molecule has 2 aromatic carbocycles. The quantitative estimate of drug-likeness (QED) is 0.317. The van der Waals surface area contributed by atoms with Crippen molar-refractivity contribution in [1.82, 2.24) is 14.7 Å². The van der Waals surface area contributed by atoms with Crippen LogP contribution in [0.3, 0.4) is 0 Å². The fraction of sp³-hybridized carbons (Fsp3) is 0.286. The van der Waals surface area contributed by atoms with Gasteiger partial charge in [-0.3, -0.25) is 4.79 Å². The number of nitrogens with one attached hydrogen (secondary N) is 1. The van der Waals surface area contributed by atoms with E-state index >= 15 is 0 Å². The van der Waals surface area contributed by atoms with Gasteiger partial charge in [0.1, 0.15) is 11.4 Å². The number of hydrogen-bond donors (Lipinski definition) is 1. The average molecular weight is 476 g/mol. The Morgan fingerprint density at radius 2 is 1.85 bits per heavy atom. The number of pyridine rings is 1. The number of aryl methyl sites for hydroxylation is 2. The minimum atomic E-state index is 0.0506. The Balaban J connectivity index is 1.78. The zero-order valence-corrected chi connectivity index (χ0v) is 20.8. The van der Waals surface area contributed by atoms with Gasteiger partial charge in [-0.05, 0) is 91.9 Å². The fourth-order valence-electron chi connectivity index (χ4n) is 4.10. The summed E-state index contributed by atoms with van der Waals surface area (Å²) in [5.74, 6) is 0.845. The predicted octanol–water partition coefficient (Wildman–Crippen LogP) is 6.49. The number of benzene rings is 2. The van der Waals surface area contributed by atoms with Crippen molar-refractivity contribution < 1.29 is 9.53 Å². The van der Waals surface area contributed by atoms with Crippen molar-refractivity contribution in [1.29, 1.82) is 0 Å². The number of rotatable bonds is 8. The van der Waals surface area contributed by atoms with E-state index in [0.29, 0.717) is 12.8 Å². The van der Waals surface area contributed by atoms with E-state index in [9.17, 15) is 4.79 Å². The average Bonchev–Trinajstić information content (AvgIpc) is 3.20. The first-order valence-corrected chi connectivity index (χ1v) is 12.0. The highest BCUT2D eigenvalue weighted by atomic mass is 35.5. The van der Waals surface area contributed by atoms with Crippen molar-refractivity contribution >= 4 is 23.2 Å². The van der Waals surface area contributed by atoms with Gasteiger partial charge in [-0.2, -0.15) is 0 Å². The summed E-state index contributed by atoms with van der Waals surface area (Å²) in [7, 11) is 1.65. The second kappa shape index (κ2) is 10.3. The third-order valence-corrected chi connectivity index (χ3v) is 6.42. The van der Waals surface area contributed by atoms with E-state index in [0.717, 1.165) is 56.5 Å². The number of imidazole rings is 1. The zero-order chi connectivity index (χ0) is 24.2. The first-order chi connectivity index (χ1) is 16.4. The molecule has 6 heteroatoms. The largest absolute Gasteiger partial charge is 0.497 e. The van der Waals surface area contributed by atoms with Crippen molar-refractivity contribution in [3.05, 3.63) is 77.1 Å². The molecule has 4 aromatic rings. The Hall–Kier alpha value is -3.31. The molecule has 5 nitrogen and oxygen atoms in total. The number of amides is 1. The van der Waals surface area contributed by atoms with Gasteiger partial charge >= 0.3 is 0 Å². The number of aromatic nitrogens is 2. The maximum Gasteiger partial charge on any atom is 0.220 e. The molecule has 0 radical (unpaired) electrons. The van der Waals surface area contributed by atoms with Crippen LogP contribution in [0.2, 0.25) is 5.02 Å². The van der Waals surface area contributed by atoms with Gasteiger partial charge in [-0.15, -0.1) is 0 Å². The van der Waals surface area contributed by atoms with E-state index in [4.69, 9.17) is 21.3 Å². The first-order valence-electron chi connectivity index (χ1n) is 11.6. The van der Waals surface area contributed by atoms with Crippen molar-refractivity contribution in [2.24, 2.45) is 0 Å². The van der Waals surface area contributed by atoms with Gasteiger partial charge in [0.05, 0.1) is 18.5 Å². The van der Waals surface area contributed by atoms with Gasteiger partial charge < -0.3 is 14.5 Å². The summed E-state index contributed by atoms with van der Waals surface area (Å²) in [5.41, 5.74) is 7.02. The van der Waals surface area contributed by atoms with Crippen LogP contribution in [0.1, 0.15) is 37.9 Å². The number of halogens is 1. The topological polar surface area (TPSA) is 55.6 Å². The van der Waals surface area contributed by atoms with Gasteiger partial charge in [0.2, 0.25) is 5.91 Å². The molecule has 0 fully saturated rings. The molecule has 1 amide bonds. The molecule has 2 aromatic heterocycles. The van der Waals surface area contributed by atoms with Crippen LogP contribution >= 0.6 is 11.6 Å². The lowest BCUT2D eigenvalue weighted by Gasteiger charge is -2.12. The van der Waals surface area contributed by atoms with Crippen molar-refractivity contribution in [3.63, 3.8) is 0 Å². The van der Waals surface area contributed by atoms with Crippen LogP contribution in [-0.4, -0.2) is 28.4 Å². The molecule has 1 N–H and O–H groups in total. The molecule has 0 bridgehead atoms. The van der Waals surface area contributed by atoms with Crippen LogP contribution in [-0.2, 0) is 11.2 Å². The van der Waals surface area contributed by atoms with Gasteiger partial charge in [0, 0.05) is 29.2 Å².